The van der Waals surface area contributed by atoms with Gasteiger partial charge in [0.1, 0.15) is 0 Å². The maximum Gasteiger partial charge on any atom is 0.250 e. The molecule has 2 heterocycles. The standard InChI is InChI=1S/C23H22ClN2O2PS/c1-3-30(28)13-14-4-6-17-19(8-14)20-12-26(2)22(27)9-15(20)11-25-23(17)18-7-5-16(24)10-21(18)29/h4-10,12H,3,11,13,29H2,1-2H3. The number of pyridine rings is 1. The molecule has 2 atom stereocenters. The summed E-state index contributed by atoms with van der Waals surface area (Å²) in [4.78, 5) is 17.2. The fraction of sp³-hybridized carbons (Fsp3) is 0.217. The molecule has 0 saturated heterocycles. The predicted octanol–water partition coefficient (Wildman–Crippen LogP) is 3.83. The SMILES string of the molecule is CCS(=O)Cc1ccc2c(c1)-c1cn(C)c(=O)cc1CN=C2c1ccc(Cl)cc1P. The van der Waals surface area contributed by atoms with E-state index < -0.39 is 10.8 Å². The molecule has 4 nitrogen and oxygen atoms in total. The first-order valence-corrected chi connectivity index (χ1v) is 12.1. The Kier molecular flexibility index (Phi) is 6.06. The topological polar surface area (TPSA) is 51.4 Å². The van der Waals surface area contributed by atoms with Crippen LogP contribution in [0.1, 0.15) is 29.2 Å². The Morgan fingerprint density at radius 2 is 1.87 bits per heavy atom. The van der Waals surface area contributed by atoms with Crippen LogP contribution in [0.5, 0.6) is 0 Å². The summed E-state index contributed by atoms with van der Waals surface area (Å²) in [5.74, 6) is 1.13. The first-order chi connectivity index (χ1) is 14.4. The van der Waals surface area contributed by atoms with Gasteiger partial charge in [0.25, 0.3) is 5.56 Å². The smallest absolute Gasteiger partial charge is 0.250 e. The van der Waals surface area contributed by atoms with Crippen molar-refractivity contribution < 1.29 is 4.21 Å². The summed E-state index contributed by atoms with van der Waals surface area (Å²) >= 11 is 6.16. The van der Waals surface area contributed by atoms with Crippen molar-refractivity contribution >= 4 is 42.7 Å². The van der Waals surface area contributed by atoms with E-state index in [1.165, 1.54) is 0 Å². The van der Waals surface area contributed by atoms with Gasteiger partial charge in [-0.3, -0.25) is 14.0 Å². The molecule has 3 aromatic rings. The van der Waals surface area contributed by atoms with Crippen LogP contribution in [0.3, 0.4) is 0 Å². The normalized spacial score (nSPS) is 13.8. The second-order valence-electron chi connectivity index (χ2n) is 7.31. The molecular weight excluding hydrogens is 435 g/mol. The molecule has 2 unspecified atom stereocenters. The van der Waals surface area contributed by atoms with Crippen LogP contribution in [-0.2, 0) is 30.1 Å². The van der Waals surface area contributed by atoms with Crippen LogP contribution >= 0.6 is 20.8 Å². The second-order valence-corrected chi connectivity index (χ2v) is 10.1. The van der Waals surface area contributed by atoms with Crippen molar-refractivity contribution in [3.8, 4) is 11.1 Å². The molecule has 30 heavy (non-hydrogen) atoms. The third kappa shape index (κ3) is 4.07. The highest BCUT2D eigenvalue weighted by Crippen LogP contribution is 2.33. The van der Waals surface area contributed by atoms with E-state index in [4.69, 9.17) is 16.6 Å². The van der Waals surface area contributed by atoms with Gasteiger partial charge in [-0.25, -0.2) is 0 Å². The van der Waals surface area contributed by atoms with Gasteiger partial charge in [0.05, 0.1) is 12.3 Å². The molecule has 1 aliphatic rings. The van der Waals surface area contributed by atoms with Crippen LogP contribution < -0.4 is 10.9 Å². The summed E-state index contributed by atoms with van der Waals surface area (Å²) in [6, 6.07) is 13.6. The van der Waals surface area contributed by atoms with E-state index in [-0.39, 0.29) is 5.56 Å². The summed E-state index contributed by atoms with van der Waals surface area (Å²) in [6.07, 6.45) is 1.87. The second kappa shape index (κ2) is 8.58. The van der Waals surface area contributed by atoms with E-state index in [9.17, 15) is 9.00 Å². The van der Waals surface area contributed by atoms with Gasteiger partial charge in [0, 0.05) is 63.3 Å². The Morgan fingerprint density at radius 1 is 1.10 bits per heavy atom. The summed E-state index contributed by atoms with van der Waals surface area (Å²) in [5, 5.41) is 1.63. The van der Waals surface area contributed by atoms with Crippen molar-refractivity contribution in [1.29, 1.82) is 0 Å². The highest BCUT2D eigenvalue weighted by atomic mass is 35.5. The van der Waals surface area contributed by atoms with Gasteiger partial charge in [-0.2, -0.15) is 0 Å². The van der Waals surface area contributed by atoms with Crippen molar-refractivity contribution in [2.45, 2.75) is 19.2 Å². The number of nitrogens with zero attached hydrogens (tertiary/aromatic N) is 2. The monoisotopic (exact) mass is 456 g/mol. The number of hydrogen-bond donors (Lipinski definition) is 0. The van der Waals surface area contributed by atoms with Crippen molar-refractivity contribution in [2.24, 2.45) is 12.0 Å². The van der Waals surface area contributed by atoms with E-state index in [2.05, 4.69) is 21.4 Å². The van der Waals surface area contributed by atoms with Crippen molar-refractivity contribution in [1.82, 2.24) is 4.57 Å². The minimum atomic E-state index is -0.903. The van der Waals surface area contributed by atoms with Gasteiger partial charge in [-0.1, -0.05) is 36.7 Å². The van der Waals surface area contributed by atoms with E-state index in [0.29, 0.717) is 23.1 Å². The summed E-state index contributed by atoms with van der Waals surface area (Å²) in [7, 11) is 3.58. The van der Waals surface area contributed by atoms with Crippen LogP contribution in [0.2, 0.25) is 5.02 Å². The molecular formula is C23H22ClN2O2PS. The van der Waals surface area contributed by atoms with Crippen molar-refractivity contribution in [3.05, 3.63) is 86.3 Å². The zero-order valence-corrected chi connectivity index (χ0v) is 19.5. The first kappa shape index (κ1) is 21.2. The molecule has 0 spiro atoms. The third-order valence-electron chi connectivity index (χ3n) is 5.27. The molecule has 7 heteroatoms. The summed E-state index contributed by atoms with van der Waals surface area (Å²) in [6.45, 7) is 2.34. The van der Waals surface area contributed by atoms with Crippen LogP contribution in [-0.4, -0.2) is 20.2 Å². The Labute approximate surface area is 185 Å². The van der Waals surface area contributed by atoms with E-state index >= 15 is 0 Å². The maximum atomic E-state index is 12.3. The predicted molar refractivity (Wildman–Crippen MR) is 130 cm³/mol. The number of aryl methyl sites for hydroxylation is 1. The van der Waals surface area contributed by atoms with Gasteiger partial charge in [-0.05, 0) is 40.2 Å². The Morgan fingerprint density at radius 3 is 2.60 bits per heavy atom. The van der Waals surface area contributed by atoms with E-state index in [1.54, 1.807) is 17.7 Å². The fourth-order valence-corrected chi connectivity index (χ4v) is 5.12. The summed E-state index contributed by atoms with van der Waals surface area (Å²) < 4.78 is 13.7. The molecule has 0 amide bonds. The zero-order valence-electron chi connectivity index (χ0n) is 16.8. The Bertz CT molecular complexity index is 1270. The minimum absolute atomic E-state index is 0.0598. The van der Waals surface area contributed by atoms with Crippen LogP contribution in [0.4, 0.5) is 0 Å². The molecule has 0 saturated carbocycles. The third-order valence-corrected chi connectivity index (χ3v) is 7.28. The lowest BCUT2D eigenvalue weighted by Gasteiger charge is -2.15. The molecule has 1 aliphatic heterocycles. The molecule has 1 aromatic heterocycles. The lowest BCUT2D eigenvalue weighted by Crippen LogP contribution is -2.16. The molecule has 0 aliphatic carbocycles. The fourth-order valence-electron chi connectivity index (χ4n) is 3.67. The van der Waals surface area contributed by atoms with Gasteiger partial charge in [0.2, 0.25) is 0 Å². The highest BCUT2D eigenvalue weighted by molar-refractivity contribution is 7.84. The number of rotatable bonds is 4. The Hall–Kier alpha value is -2.07. The van der Waals surface area contributed by atoms with Crippen molar-refractivity contribution in [2.75, 3.05) is 5.75 Å². The van der Waals surface area contributed by atoms with Gasteiger partial charge in [-0.15, -0.1) is 9.24 Å². The number of fused-ring (bicyclic) bond motifs is 3. The number of aliphatic imine (C=N–C) groups is 1. The quantitative estimate of drug-likeness (QED) is 0.560. The lowest BCUT2D eigenvalue weighted by molar-refractivity contribution is 0.683. The van der Waals surface area contributed by atoms with Crippen LogP contribution in [0.15, 0.2) is 58.4 Å². The van der Waals surface area contributed by atoms with Gasteiger partial charge < -0.3 is 4.57 Å². The van der Waals surface area contributed by atoms with Crippen molar-refractivity contribution in [3.63, 3.8) is 0 Å². The van der Waals surface area contributed by atoms with E-state index in [0.717, 1.165) is 44.4 Å². The van der Waals surface area contributed by atoms with Gasteiger partial charge >= 0.3 is 0 Å². The first-order valence-electron chi connectivity index (χ1n) is 9.65. The number of halogens is 1. The van der Waals surface area contributed by atoms with Crippen LogP contribution in [0.25, 0.3) is 11.1 Å². The van der Waals surface area contributed by atoms with Gasteiger partial charge in [0.15, 0.2) is 0 Å². The largest absolute Gasteiger partial charge is 0.318 e. The minimum Gasteiger partial charge on any atom is -0.318 e. The Balaban J connectivity index is 1.96. The molecule has 2 aromatic carbocycles. The number of benzene rings is 2. The summed E-state index contributed by atoms with van der Waals surface area (Å²) in [5.41, 5.74) is 6.66. The average molecular weight is 457 g/mol. The van der Waals surface area contributed by atoms with E-state index in [1.807, 2.05) is 37.4 Å². The molecule has 154 valence electrons. The molecule has 0 fully saturated rings. The average Bonchev–Trinajstić information content (AvgIpc) is 2.85. The zero-order chi connectivity index (χ0) is 21.4. The molecule has 0 bridgehead atoms. The number of hydrogen-bond acceptors (Lipinski definition) is 3. The lowest BCUT2D eigenvalue weighted by atomic mass is 9.92. The molecule has 0 radical (unpaired) electrons. The van der Waals surface area contributed by atoms with Crippen LogP contribution in [0, 0.1) is 0 Å². The highest BCUT2D eigenvalue weighted by Gasteiger charge is 2.21. The maximum absolute atomic E-state index is 12.3. The molecule has 0 N–H and O–H groups in total. The number of aromatic nitrogens is 1. The molecule has 4 rings (SSSR count).